The maximum absolute atomic E-state index is 13.1. The zero-order valence-corrected chi connectivity index (χ0v) is 18.8. The Labute approximate surface area is 184 Å². The lowest BCUT2D eigenvalue weighted by atomic mass is 10.1. The van der Waals surface area contributed by atoms with Crippen molar-refractivity contribution in [3.63, 3.8) is 0 Å². The molecule has 2 saturated heterocycles. The Balaban J connectivity index is 1.43. The summed E-state index contributed by atoms with van der Waals surface area (Å²) >= 11 is 0. The number of rotatable bonds is 6. The van der Waals surface area contributed by atoms with Gasteiger partial charge in [-0.15, -0.1) is 0 Å². The summed E-state index contributed by atoms with van der Waals surface area (Å²) in [6.45, 7) is 5.27. The van der Waals surface area contributed by atoms with Crippen molar-refractivity contribution in [3.8, 4) is 0 Å². The topological polar surface area (TPSA) is 82.6 Å². The summed E-state index contributed by atoms with van der Waals surface area (Å²) in [5.41, 5.74) is 1.91. The first-order chi connectivity index (χ1) is 14.9. The van der Waals surface area contributed by atoms with Crippen molar-refractivity contribution in [1.82, 2.24) is 14.6 Å². The Morgan fingerprint density at radius 2 is 1.71 bits per heavy atom. The number of piperidine rings is 1. The molecular weight excluding hydrogens is 412 g/mol. The van der Waals surface area contributed by atoms with Gasteiger partial charge in [0.05, 0.1) is 4.90 Å². The number of sulfonamides is 1. The largest absolute Gasteiger partial charge is 0.357 e. The second-order valence-corrected chi connectivity index (χ2v) is 10.3. The molecule has 166 valence electrons. The second kappa shape index (κ2) is 9.36. The minimum atomic E-state index is -3.59. The van der Waals surface area contributed by atoms with E-state index in [4.69, 9.17) is 0 Å². The first kappa shape index (κ1) is 21.8. The smallest absolute Gasteiger partial charge is 0.251 e. The number of hydrogen-bond donors (Lipinski definition) is 1. The summed E-state index contributed by atoms with van der Waals surface area (Å²) in [6.07, 6.45) is 7.00. The summed E-state index contributed by atoms with van der Waals surface area (Å²) in [6, 6.07) is 8.85. The van der Waals surface area contributed by atoms with Crippen LogP contribution in [0.5, 0.6) is 0 Å². The number of nitrogens with one attached hydrogen (secondary N) is 1. The first-order valence-electron chi connectivity index (χ1n) is 11.0. The Kier molecular flexibility index (Phi) is 6.57. The highest BCUT2D eigenvalue weighted by Gasteiger charge is 2.28. The van der Waals surface area contributed by atoms with Crippen LogP contribution in [0.2, 0.25) is 0 Å². The van der Waals surface area contributed by atoms with Gasteiger partial charge in [0.15, 0.2) is 0 Å². The van der Waals surface area contributed by atoms with Crippen molar-refractivity contribution in [2.24, 2.45) is 0 Å². The Morgan fingerprint density at radius 1 is 1.00 bits per heavy atom. The number of nitrogens with zero attached hydrogens (tertiary/aromatic N) is 3. The van der Waals surface area contributed by atoms with E-state index in [1.165, 1.54) is 23.2 Å². The summed E-state index contributed by atoms with van der Waals surface area (Å²) < 4.78 is 27.7. The van der Waals surface area contributed by atoms with Gasteiger partial charge in [-0.05, 0) is 61.9 Å². The highest BCUT2D eigenvalue weighted by atomic mass is 32.2. The quantitative estimate of drug-likeness (QED) is 0.743. The molecule has 0 radical (unpaired) electrons. The van der Waals surface area contributed by atoms with E-state index in [0.29, 0.717) is 30.8 Å². The number of benzene rings is 1. The molecule has 0 unspecified atom stereocenters. The van der Waals surface area contributed by atoms with Gasteiger partial charge >= 0.3 is 0 Å². The standard InChI is InChI=1S/C23H30N4O3S/c1-18-7-9-20(15-21(18)31(29,30)27-13-3-2-4-14-27)23(28)25-17-19-8-10-22(24-16-19)26-11-5-6-12-26/h7-10,15-16H,2-6,11-14,17H2,1H3,(H,25,28). The van der Waals surface area contributed by atoms with Gasteiger partial charge in [-0.25, -0.2) is 13.4 Å². The zero-order chi connectivity index (χ0) is 21.8. The van der Waals surface area contributed by atoms with E-state index in [1.807, 2.05) is 12.1 Å². The van der Waals surface area contributed by atoms with Crippen LogP contribution in [0.4, 0.5) is 5.82 Å². The van der Waals surface area contributed by atoms with Crippen LogP contribution >= 0.6 is 0 Å². The van der Waals surface area contributed by atoms with Gasteiger partial charge in [0, 0.05) is 44.5 Å². The molecule has 2 aliphatic rings. The number of aromatic nitrogens is 1. The van der Waals surface area contributed by atoms with Crippen LogP contribution < -0.4 is 10.2 Å². The highest BCUT2D eigenvalue weighted by Crippen LogP contribution is 2.24. The van der Waals surface area contributed by atoms with Gasteiger partial charge in [0.25, 0.3) is 5.91 Å². The molecule has 0 spiro atoms. The number of carbonyl (C=O) groups is 1. The second-order valence-electron chi connectivity index (χ2n) is 8.35. The SMILES string of the molecule is Cc1ccc(C(=O)NCc2ccc(N3CCCC3)nc2)cc1S(=O)(=O)N1CCCCC1. The van der Waals surface area contributed by atoms with E-state index < -0.39 is 10.0 Å². The molecule has 31 heavy (non-hydrogen) atoms. The van der Waals surface area contributed by atoms with Gasteiger partial charge in [0.1, 0.15) is 5.82 Å². The van der Waals surface area contributed by atoms with E-state index in [1.54, 1.807) is 25.3 Å². The average molecular weight is 443 g/mol. The fraction of sp³-hybridized carbons (Fsp3) is 0.478. The number of anilines is 1. The van der Waals surface area contributed by atoms with Crippen molar-refractivity contribution < 1.29 is 13.2 Å². The molecule has 1 amide bonds. The maximum Gasteiger partial charge on any atom is 0.251 e. The number of hydrogen-bond acceptors (Lipinski definition) is 5. The summed E-state index contributed by atoms with van der Waals surface area (Å²) in [7, 11) is -3.59. The number of carbonyl (C=O) groups excluding carboxylic acids is 1. The normalized spacial score (nSPS) is 17.6. The number of amides is 1. The van der Waals surface area contributed by atoms with Crippen LogP contribution in [-0.4, -0.2) is 49.8 Å². The Bertz CT molecular complexity index is 1030. The minimum absolute atomic E-state index is 0.221. The minimum Gasteiger partial charge on any atom is -0.357 e. The predicted molar refractivity (Wildman–Crippen MR) is 121 cm³/mol. The monoisotopic (exact) mass is 442 g/mol. The van der Waals surface area contributed by atoms with Gasteiger partial charge in [0.2, 0.25) is 10.0 Å². The molecule has 2 fully saturated rings. The van der Waals surface area contributed by atoms with Crippen molar-refractivity contribution in [2.45, 2.75) is 50.5 Å². The molecule has 0 aliphatic carbocycles. The molecule has 0 bridgehead atoms. The predicted octanol–water partition coefficient (Wildman–Crippen LogP) is 3.09. The van der Waals surface area contributed by atoms with Crippen molar-refractivity contribution in [1.29, 1.82) is 0 Å². The molecule has 2 aliphatic heterocycles. The molecule has 3 heterocycles. The summed E-state index contributed by atoms with van der Waals surface area (Å²) in [4.78, 5) is 19.7. The van der Waals surface area contributed by atoms with Crippen molar-refractivity contribution in [3.05, 3.63) is 53.2 Å². The third-order valence-electron chi connectivity index (χ3n) is 6.08. The van der Waals surface area contributed by atoms with Crippen LogP contribution in [0.3, 0.4) is 0 Å². The molecule has 0 atom stereocenters. The molecule has 1 N–H and O–H groups in total. The number of aryl methyl sites for hydroxylation is 1. The highest BCUT2D eigenvalue weighted by molar-refractivity contribution is 7.89. The Morgan fingerprint density at radius 3 is 2.39 bits per heavy atom. The van der Waals surface area contributed by atoms with Crippen LogP contribution in [-0.2, 0) is 16.6 Å². The molecule has 7 nitrogen and oxygen atoms in total. The van der Waals surface area contributed by atoms with Crippen molar-refractivity contribution in [2.75, 3.05) is 31.1 Å². The van der Waals surface area contributed by atoms with Gasteiger partial charge in [-0.1, -0.05) is 18.6 Å². The van der Waals surface area contributed by atoms with E-state index in [0.717, 1.165) is 43.7 Å². The molecule has 2 aromatic rings. The number of pyridine rings is 1. The fourth-order valence-corrected chi connectivity index (χ4v) is 5.97. The molecular formula is C23H30N4O3S. The first-order valence-corrected chi connectivity index (χ1v) is 12.5. The average Bonchev–Trinajstić information content (AvgIpc) is 3.33. The molecule has 0 saturated carbocycles. The molecule has 1 aromatic heterocycles. The summed E-state index contributed by atoms with van der Waals surface area (Å²) in [5.74, 6) is 0.678. The van der Waals surface area contributed by atoms with E-state index in [9.17, 15) is 13.2 Å². The van der Waals surface area contributed by atoms with Crippen LogP contribution in [0.1, 0.15) is 53.6 Å². The van der Waals surface area contributed by atoms with E-state index in [-0.39, 0.29) is 10.8 Å². The maximum atomic E-state index is 13.1. The van der Waals surface area contributed by atoms with Gasteiger partial charge in [-0.2, -0.15) is 4.31 Å². The van der Waals surface area contributed by atoms with Crippen LogP contribution in [0, 0.1) is 6.92 Å². The third-order valence-corrected chi connectivity index (χ3v) is 8.12. The lowest BCUT2D eigenvalue weighted by Crippen LogP contribution is -2.36. The lowest BCUT2D eigenvalue weighted by molar-refractivity contribution is 0.0950. The van der Waals surface area contributed by atoms with Gasteiger partial charge in [-0.3, -0.25) is 4.79 Å². The molecule has 4 rings (SSSR count). The Hall–Kier alpha value is -2.45. The zero-order valence-electron chi connectivity index (χ0n) is 18.0. The molecule has 8 heteroatoms. The van der Waals surface area contributed by atoms with E-state index >= 15 is 0 Å². The van der Waals surface area contributed by atoms with Crippen LogP contribution in [0.15, 0.2) is 41.4 Å². The van der Waals surface area contributed by atoms with Crippen LogP contribution in [0.25, 0.3) is 0 Å². The fourth-order valence-electron chi connectivity index (χ4n) is 4.20. The van der Waals surface area contributed by atoms with E-state index in [2.05, 4.69) is 15.2 Å². The van der Waals surface area contributed by atoms with Gasteiger partial charge < -0.3 is 10.2 Å². The summed E-state index contributed by atoms with van der Waals surface area (Å²) in [5, 5.41) is 2.88. The molecule has 1 aromatic carbocycles. The third kappa shape index (κ3) is 4.91. The van der Waals surface area contributed by atoms with Crippen molar-refractivity contribution >= 4 is 21.7 Å². The lowest BCUT2D eigenvalue weighted by Gasteiger charge is -2.26.